The molecule has 10 heteroatoms. The molecule has 0 saturated heterocycles. The van der Waals surface area contributed by atoms with Crippen molar-refractivity contribution in [3.05, 3.63) is 75.2 Å². The number of fused-ring (bicyclic) bond motifs is 1. The second-order valence-corrected chi connectivity index (χ2v) is 10.4. The molecule has 34 heavy (non-hydrogen) atoms. The zero-order chi connectivity index (χ0) is 24.2. The lowest BCUT2D eigenvalue weighted by Gasteiger charge is -2.08. The Labute approximate surface area is 219 Å². The van der Waals surface area contributed by atoms with Crippen LogP contribution in [-0.4, -0.2) is 29.2 Å². The Bertz CT molecular complexity index is 1370. The summed E-state index contributed by atoms with van der Waals surface area (Å²) < 4.78 is 6.18. The van der Waals surface area contributed by atoms with Gasteiger partial charge in [-0.15, -0.1) is 23.1 Å². The van der Waals surface area contributed by atoms with Gasteiger partial charge in [0.05, 0.1) is 31.0 Å². The van der Waals surface area contributed by atoms with Crippen molar-refractivity contribution in [2.75, 3.05) is 17.7 Å². The van der Waals surface area contributed by atoms with Crippen molar-refractivity contribution in [1.29, 1.82) is 0 Å². The Hall–Kier alpha value is -2.29. The Morgan fingerprint density at radius 1 is 1.03 bits per heavy atom. The number of thioether (sulfide) groups is 1. The molecule has 0 radical (unpaired) electrons. The second-order valence-electron chi connectivity index (χ2n) is 7.24. The molecule has 1 aromatic heterocycles. The molecule has 3 aromatic carbocycles. The van der Waals surface area contributed by atoms with Crippen molar-refractivity contribution < 1.29 is 14.3 Å². The summed E-state index contributed by atoms with van der Waals surface area (Å²) in [6, 6.07) is 16.8. The Morgan fingerprint density at radius 2 is 1.79 bits per heavy atom. The molecular formula is C24H17Cl3N2O3S2. The molecule has 0 unspecified atom stereocenters. The first-order valence-corrected chi connectivity index (χ1v) is 12.9. The van der Waals surface area contributed by atoms with Crippen LogP contribution >= 0.6 is 57.9 Å². The number of benzene rings is 3. The van der Waals surface area contributed by atoms with Crippen LogP contribution in [0.25, 0.3) is 20.8 Å². The first-order chi connectivity index (χ1) is 16.3. The number of nitrogens with one attached hydrogen (secondary N) is 1. The number of anilines is 1. The Balaban J connectivity index is 1.27. The van der Waals surface area contributed by atoms with E-state index in [1.807, 2.05) is 24.3 Å². The van der Waals surface area contributed by atoms with Crippen molar-refractivity contribution >= 4 is 85.7 Å². The van der Waals surface area contributed by atoms with E-state index in [0.29, 0.717) is 15.6 Å². The van der Waals surface area contributed by atoms with E-state index in [4.69, 9.17) is 39.5 Å². The minimum atomic E-state index is -0.552. The van der Waals surface area contributed by atoms with Crippen LogP contribution in [0, 0.1) is 6.92 Å². The molecule has 174 valence electrons. The fourth-order valence-electron chi connectivity index (χ4n) is 2.99. The van der Waals surface area contributed by atoms with Gasteiger partial charge in [0, 0.05) is 16.1 Å². The van der Waals surface area contributed by atoms with E-state index in [9.17, 15) is 9.59 Å². The largest absolute Gasteiger partial charge is 0.455 e. The summed E-state index contributed by atoms with van der Waals surface area (Å²) >= 11 is 20.8. The number of aryl methyl sites for hydroxylation is 1. The third-order valence-corrected chi connectivity index (χ3v) is 8.17. The maximum absolute atomic E-state index is 12.2. The number of amides is 1. The van der Waals surface area contributed by atoms with Crippen LogP contribution < -0.4 is 5.32 Å². The van der Waals surface area contributed by atoms with Gasteiger partial charge in [-0.05, 0) is 61.0 Å². The minimum absolute atomic E-state index is 0.0264. The van der Waals surface area contributed by atoms with E-state index in [2.05, 4.69) is 23.3 Å². The molecule has 0 saturated carbocycles. The van der Waals surface area contributed by atoms with Gasteiger partial charge in [-0.2, -0.15) is 0 Å². The van der Waals surface area contributed by atoms with E-state index in [1.54, 1.807) is 35.6 Å². The number of aromatic nitrogens is 1. The van der Waals surface area contributed by atoms with Gasteiger partial charge in [0.2, 0.25) is 0 Å². The van der Waals surface area contributed by atoms with E-state index in [0.717, 1.165) is 32.5 Å². The van der Waals surface area contributed by atoms with E-state index in [-0.39, 0.29) is 15.8 Å². The maximum atomic E-state index is 12.2. The summed E-state index contributed by atoms with van der Waals surface area (Å²) in [6.07, 6.45) is 0. The van der Waals surface area contributed by atoms with Crippen molar-refractivity contribution in [3.8, 4) is 10.6 Å². The summed E-state index contributed by atoms with van der Waals surface area (Å²) in [5.74, 6) is -1.01. The topological polar surface area (TPSA) is 68.3 Å². The van der Waals surface area contributed by atoms with Crippen LogP contribution in [0.3, 0.4) is 0 Å². The van der Waals surface area contributed by atoms with Crippen molar-refractivity contribution in [1.82, 2.24) is 4.98 Å². The molecule has 0 atom stereocenters. The van der Waals surface area contributed by atoms with E-state index < -0.39 is 18.5 Å². The average molecular weight is 552 g/mol. The monoisotopic (exact) mass is 550 g/mol. The lowest BCUT2D eigenvalue weighted by molar-refractivity contribution is -0.144. The molecule has 0 aliphatic rings. The Kier molecular flexibility index (Phi) is 8.01. The van der Waals surface area contributed by atoms with Gasteiger partial charge in [0.15, 0.2) is 6.61 Å². The third-order valence-electron chi connectivity index (χ3n) is 4.67. The number of hydrogen-bond donors (Lipinski definition) is 1. The zero-order valence-corrected chi connectivity index (χ0v) is 21.6. The number of thiazole rings is 1. The molecule has 1 N–H and O–H groups in total. The lowest BCUT2D eigenvalue weighted by atomic mass is 10.2. The SMILES string of the molecule is Cc1ccc2nc(-c3ccc(NC(=O)COC(=O)CSc4ccc(Cl)c(Cl)c4Cl)cc3)sc2c1. The highest BCUT2D eigenvalue weighted by molar-refractivity contribution is 8.00. The summed E-state index contributed by atoms with van der Waals surface area (Å²) in [7, 11) is 0. The molecule has 0 aliphatic carbocycles. The first kappa shape index (κ1) is 24.8. The first-order valence-electron chi connectivity index (χ1n) is 9.99. The number of halogens is 3. The third kappa shape index (κ3) is 6.03. The van der Waals surface area contributed by atoms with Crippen LogP contribution in [0.2, 0.25) is 15.1 Å². The fraction of sp³-hybridized carbons (Fsp3) is 0.125. The predicted molar refractivity (Wildman–Crippen MR) is 142 cm³/mol. The Morgan fingerprint density at radius 3 is 2.56 bits per heavy atom. The van der Waals surface area contributed by atoms with Gasteiger partial charge in [-0.25, -0.2) is 4.98 Å². The zero-order valence-electron chi connectivity index (χ0n) is 17.7. The number of nitrogens with zero attached hydrogens (tertiary/aromatic N) is 1. The standard InChI is InChI=1S/C24H17Cl3N2O3S2/c1-13-2-8-17-19(10-13)34-24(29-17)14-3-5-15(6-4-14)28-20(30)11-32-21(31)12-33-18-9-7-16(25)22(26)23(18)27/h2-10H,11-12H2,1H3,(H,28,30). The molecular weight excluding hydrogens is 535 g/mol. The van der Waals surface area contributed by atoms with Crippen LogP contribution in [0.15, 0.2) is 59.5 Å². The van der Waals surface area contributed by atoms with Gasteiger partial charge in [-0.3, -0.25) is 9.59 Å². The quantitative estimate of drug-likeness (QED) is 0.146. The van der Waals surface area contributed by atoms with Crippen molar-refractivity contribution in [2.45, 2.75) is 11.8 Å². The molecule has 0 bridgehead atoms. The highest BCUT2D eigenvalue weighted by atomic mass is 35.5. The van der Waals surface area contributed by atoms with Crippen molar-refractivity contribution in [3.63, 3.8) is 0 Å². The average Bonchev–Trinajstić information content (AvgIpc) is 3.24. The summed E-state index contributed by atoms with van der Waals surface area (Å²) in [6.45, 7) is 1.66. The molecule has 0 aliphatic heterocycles. The highest BCUT2D eigenvalue weighted by Crippen LogP contribution is 2.37. The molecule has 5 nitrogen and oxygen atoms in total. The molecule has 1 amide bonds. The van der Waals surface area contributed by atoms with E-state index >= 15 is 0 Å². The van der Waals surface area contributed by atoms with Gasteiger partial charge in [-0.1, -0.05) is 40.9 Å². The molecule has 0 spiro atoms. The summed E-state index contributed by atoms with van der Waals surface area (Å²) in [4.78, 5) is 29.4. The number of rotatable bonds is 7. The fourth-order valence-corrected chi connectivity index (χ4v) is 5.57. The van der Waals surface area contributed by atoms with Gasteiger partial charge >= 0.3 is 5.97 Å². The van der Waals surface area contributed by atoms with Gasteiger partial charge in [0.1, 0.15) is 5.01 Å². The second kappa shape index (κ2) is 11.0. The molecule has 4 rings (SSSR count). The van der Waals surface area contributed by atoms with Crippen LogP contribution in [0.1, 0.15) is 5.56 Å². The number of esters is 1. The molecule has 1 heterocycles. The lowest BCUT2D eigenvalue weighted by Crippen LogP contribution is -2.21. The molecule has 0 fully saturated rings. The number of carbonyl (C=O) groups excluding carboxylic acids is 2. The number of ether oxygens (including phenoxy) is 1. The van der Waals surface area contributed by atoms with Crippen LogP contribution in [0.4, 0.5) is 5.69 Å². The summed E-state index contributed by atoms with van der Waals surface area (Å²) in [5, 5.41) is 4.45. The number of hydrogen-bond acceptors (Lipinski definition) is 6. The molecule has 4 aromatic rings. The smallest absolute Gasteiger partial charge is 0.316 e. The van der Waals surface area contributed by atoms with Crippen molar-refractivity contribution in [2.24, 2.45) is 0 Å². The minimum Gasteiger partial charge on any atom is -0.455 e. The number of carbonyl (C=O) groups is 2. The van der Waals surface area contributed by atoms with Gasteiger partial charge in [0.25, 0.3) is 5.91 Å². The normalized spacial score (nSPS) is 10.9. The maximum Gasteiger partial charge on any atom is 0.316 e. The van der Waals surface area contributed by atoms with Crippen LogP contribution in [0.5, 0.6) is 0 Å². The van der Waals surface area contributed by atoms with Gasteiger partial charge < -0.3 is 10.1 Å². The summed E-state index contributed by atoms with van der Waals surface area (Å²) in [5.41, 5.74) is 3.71. The highest BCUT2D eigenvalue weighted by Gasteiger charge is 2.13. The van der Waals surface area contributed by atoms with Crippen LogP contribution in [-0.2, 0) is 14.3 Å². The predicted octanol–water partition coefficient (Wildman–Crippen LogP) is 7.51. The van der Waals surface area contributed by atoms with E-state index in [1.165, 1.54) is 5.56 Å².